The summed E-state index contributed by atoms with van der Waals surface area (Å²) in [6, 6.07) is 6.96. The summed E-state index contributed by atoms with van der Waals surface area (Å²) >= 11 is 0. The maximum Gasteiger partial charge on any atom is 0.256 e. The summed E-state index contributed by atoms with van der Waals surface area (Å²) in [5.41, 5.74) is 4.82. The molecule has 0 unspecified atom stereocenters. The average molecular weight is 553 g/mol. The third-order valence-corrected chi connectivity index (χ3v) is 8.64. The number of methoxy groups -OCH3 is 1. The Morgan fingerprint density at radius 1 is 1.13 bits per heavy atom. The lowest BCUT2D eigenvalue weighted by molar-refractivity contribution is -0.115. The molecule has 0 aliphatic carbocycles. The van der Waals surface area contributed by atoms with Crippen LogP contribution in [0.4, 0.5) is 0 Å². The lowest BCUT2D eigenvalue weighted by Gasteiger charge is -2.32. The molecule has 2 saturated heterocycles. The molecule has 2 amide bonds. The first-order valence-electron chi connectivity index (χ1n) is 12.9. The molecule has 0 saturated carbocycles. The second-order valence-electron chi connectivity index (χ2n) is 10.00. The number of aryl methyl sites for hydroxylation is 1. The lowest BCUT2D eigenvalue weighted by Crippen LogP contribution is -2.47. The smallest absolute Gasteiger partial charge is 0.256 e. The van der Waals surface area contributed by atoms with Crippen LogP contribution in [0.1, 0.15) is 39.8 Å². The van der Waals surface area contributed by atoms with Gasteiger partial charge in [0.15, 0.2) is 9.84 Å². The Bertz CT molecular complexity index is 1470. The first kappa shape index (κ1) is 28.4. The van der Waals surface area contributed by atoms with Crippen molar-refractivity contribution in [1.29, 1.82) is 0 Å². The predicted molar refractivity (Wildman–Crippen MR) is 152 cm³/mol. The van der Waals surface area contributed by atoms with Crippen LogP contribution in [0.15, 0.2) is 53.3 Å². The highest BCUT2D eigenvalue weighted by molar-refractivity contribution is 7.90. The van der Waals surface area contributed by atoms with Crippen molar-refractivity contribution in [3.8, 4) is 5.75 Å². The first-order chi connectivity index (χ1) is 18.5. The quantitative estimate of drug-likeness (QED) is 0.511. The summed E-state index contributed by atoms with van der Waals surface area (Å²) in [5, 5.41) is 2.83. The van der Waals surface area contributed by atoms with Gasteiger partial charge >= 0.3 is 0 Å². The van der Waals surface area contributed by atoms with Crippen molar-refractivity contribution < 1.29 is 22.7 Å². The number of hydrogen-bond donors (Lipinski definition) is 2. The summed E-state index contributed by atoms with van der Waals surface area (Å²) in [6.07, 6.45) is 5.03. The average Bonchev–Trinajstić information content (AvgIpc) is 3.36. The van der Waals surface area contributed by atoms with Crippen LogP contribution in [0, 0.1) is 13.8 Å². The van der Waals surface area contributed by atoms with Gasteiger partial charge in [-0.1, -0.05) is 24.3 Å². The summed E-state index contributed by atoms with van der Waals surface area (Å²) < 4.78 is 31.1. The van der Waals surface area contributed by atoms with Crippen LogP contribution < -0.4 is 10.1 Å². The minimum absolute atomic E-state index is 0.0246. The second kappa shape index (κ2) is 11.6. The van der Waals surface area contributed by atoms with E-state index in [1.165, 1.54) is 7.11 Å². The van der Waals surface area contributed by atoms with Crippen LogP contribution in [-0.4, -0.2) is 81.1 Å². The van der Waals surface area contributed by atoms with Crippen molar-refractivity contribution in [3.05, 3.63) is 81.3 Å². The van der Waals surface area contributed by atoms with Gasteiger partial charge in [0.1, 0.15) is 5.75 Å². The van der Waals surface area contributed by atoms with Crippen molar-refractivity contribution in [3.63, 3.8) is 0 Å². The molecule has 0 bridgehead atoms. The Kier molecular flexibility index (Phi) is 8.46. The van der Waals surface area contributed by atoms with Crippen LogP contribution in [-0.2, 0) is 20.4 Å². The number of piperazine rings is 1. The van der Waals surface area contributed by atoms with Crippen molar-refractivity contribution in [2.75, 3.05) is 46.1 Å². The molecule has 3 heterocycles. The molecule has 10 heteroatoms. The number of amides is 2. The number of hydrogen-bond acceptors (Lipinski definition) is 6. The molecule has 39 heavy (non-hydrogen) atoms. The number of aromatic amines is 1. The number of ether oxygens (including phenoxy) is 1. The Morgan fingerprint density at radius 3 is 2.51 bits per heavy atom. The van der Waals surface area contributed by atoms with E-state index < -0.39 is 9.84 Å². The highest BCUT2D eigenvalue weighted by Crippen LogP contribution is 2.30. The standard InChI is InChI=1S/C29H36N4O5S/c1-6-25-23(10-15-39(36,37)18-21-8-7-9-22(16-21)38-5)24(28(34)31-25)17-26-19(2)27(20(3)30-26)29(35)33-13-11-32(4)12-14-33/h6-10,16-17,30H,11-15,18H2,1-5H3,(H,31,34). The van der Waals surface area contributed by atoms with E-state index >= 15 is 0 Å². The van der Waals surface area contributed by atoms with Gasteiger partial charge in [-0.2, -0.15) is 0 Å². The van der Waals surface area contributed by atoms with Crippen molar-refractivity contribution in [2.45, 2.75) is 26.5 Å². The molecule has 1 aromatic carbocycles. The Labute approximate surface area is 230 Å². The van der Waals surface area contributed by atoms with E-state index in [9.17, 15) is 18.0 Å². The fourth-order valence-electron chi connectivity index (χ4n) is 4.95. The van der Waals surface area contributed by atoms with E-state index in [0.29, 0.717) is 52.5 Å². The molecular formula is C29H36N4O5S. The summed E-state index contributed by atoms with van der Waals surface area (Å²) in [7, 11) is 0.0586. The molecule has 2 N–H and O–H groups in total. The van der Waals surface area contributed by atoms with Crippen molar-refractivity contribution in [2.24, 2.45) is 0 Å². The maximum atomic E-state index is 13.3. The van der Waals surface area contributed by atoms with E-state index in [-0.39, 0.29) is 23.3 Å². The van der Waals surface area contributed by atoms with Gasteiger partial charge < -0.3 is 24.8 Å². The van der Waals surface area contributed by atoms with E-state index in [2.05, 4.69) is 15.2 Å². The van der Waals surface area contributed by atoms with E-state index in [1.807, 2.05) is 25.8 Å². The van der Waals surface area contributed by atoms with Gasteiger partial charge in [0.05, 0.1) is 29.8 Å². The van der Waals surface area contributed by atoms with Gasteiger partial charge in [-0.25, -0.2) is 8.42 Å². The van der Waals surface area contributed by atoms with Gasteiger partial charge in [0, 0.05) is 48.8 Å². The molecule has 0 atom stereocenters. The molecule has 2 fully saturated rings. The number of H-pyrrole nitrogens is 1. The van der Waals surface area contributed by atoms with Gasteiger partial charge in [0.25, 0.3) is 11.8 Å². The molecule has 2 aliphatic heterocycles. The molecule has 4 rings (SSSR count). The topological polar surface area (TPSA) is 112 Å². The number of nitrogens with zero attached hydrogens (tertiary/aromatic N) is 2. The number of rotatable bonds is 7. The monoisotopic (exact) mass is 552 g/mol. The Balaban J connectivity index is 1.62. The minimum atomic E-state index is -3.52. The SMILES string of the molecule is CC=C1NC(=O)C(=Cc2[nH]c(C)c(C(=O)N3CCN(C)CC3)c2C)C1=CCS(=O)(=O)Cc1cccc(OC)c1. The molecule has 1 aromatic heterocycles. The third kappa shape index (κ3) is 6.34. The fraction of sp³-hybridized carbons (Fsp3) is 0.379. The van der Waals surface area contributed by atoms with E-state index in [0.717, 1.165) is 24.3 Å². The number of nitrogens with one attached hydrogen (secondary N) is 2. The van der Waals surface area contributed by atoms with Crippen molar-refractivity contribution >= 4 is 27.7 Å². The van der Waals surface area contributed by atoms with Crippen LogP contribution >= 0.6 is 0 Å². The number of benzene rings is 1. The van der Waals surface area contributed by atoms with E-state index in [1.54, 1.807) is 49.4 Å². The summed E-state index contributed by atoms with van der Waals surface area (Å²) in [4.78, 5) is 33.6. The van der Waals surface area contributed by atoms with Crippen LogP contribution in [0.2, 0.25) is 0 Å². The Hall–Kier alpha value is -3.63. The summed E-state index contributed by atoms with van der Waals surface area (Å²) in [5.74, 6) is -0.137. The third-order valence-electron chi connectivity index (χ3n) is 7.19. The van der Waals surface area contributed by atoms with Gasteiger partial charge in [-0.05, 0) is 57.2 Å². The molecule has 2 aromatic rings. The number of allylic oxidation sites excluding steroid dienone is 2. The van der Waals surface area contributed by atoms with E-state index in [4.69, 9.17) is 4.74 Å². The number of likely N-dealkylation sites (N-methyl/N-ethyl adjacent to an activating group) is 1. The molecule has 9 nitrogen and oxygen atoms in total. The molecule has 2 aliphatic rings. The van der Waals surface area contributed by atoms with Gasteiger partial charge in [-0.3, -0.25) is 9.59 Å². The number of sulfone groups is 1. The molecule has 0 spiro atoms. The maximum absolute atomic E-state index is 13.3. The van der Waals surface area contributed by atoms with Crippen LogP contribution in [0.5, 0.6) is 5.75 Å². The number of carbonyl (C=O) groups excluding carboxylic acids is 2. The molecule has 0 radical (unpaired) electrons. The summed E-state index contributed by atoms with van der Waals surface area (Å²) in [6.45, 7) is 8.49. The highest BCUT2D eigenvalue weighted by Gasteiger charge is 2.29. The predicted octanol–water partition coefficient (Wildman–Crippen LogP) is 2.99. The fourth-order valence-corrected chi connectivity index (χ4v) is 6.18. The highest BCUT2D eigenvalue weighted by atomic mass is 32.2. The zero-order valence-corrected chi connectivity index (χ0v) is 23.9. The number of aromatic nitrogens is 1. The van der Waals surface area contributed by atoms with Crippen LogP contribution in [0.3, 0.4) is 0 Å². The minimum Gasteiger partial charge on any atom is -0.497 e. The zero-order valence-electron chi connectivity index (χ0n) is 23.1. The van der Waals surface area contributed by atoms with Gasteiger partial charge in [-0.15, -0.1) is 0 Å². The normalized spacial score (nSPS) is 19.8. The lowest BCUT2D eigenvalue weighted by atomic mass is 10.0. The second-order valence-corrected chi connectivity index (χ2v) is 12.1. The largest absolute Gasteiger partial charge is 0.497 e. The molecule has 208 valence electrons. The van der Waals surface area contributed by atoms with Crippen molar-refractivity contribution in [1.82, 2.24) is 20.1 Å². The Morgan fingerprint density at radius 2 is 1.85 bits per heavy atom. The first-order valence-corrected chi connectivity index (χ1v) is 14.8. The zero-order chi connectivity index (χ0) is 28.3. The van der Waals surface area contributed by atoms with Crippen LogP contribution in [0.25, 0.3) is 6.08 Å². The van der Waals surface area contributed by atoms with Gasteiger partial charge in [0.2, 0.25) is 0 Å². The molecular weight excluding hydrogens is 516 g/mol. The number of carbonyl (C=O) groups is 2.